The SMILES string of the molecule is CCN(Cc1ccccc1)c1cncc(C(=O)NC2CCCCCC2)c1. The normalized spacial score (nSPS) is 15.3. The highest BCUT2D eigenvalue weighted by molar-refractivity contribution is 5.94. The van der Waals surface area contributed by atoms with Gasteiger partial charge in [-0.3, -0.25) is 9.78 Å². The summed E-state index contributed by atoms with van der Waals surface area (Å²) in [6, 6.07) is 12.7. The number of aromatic nitrogens is 1. The molecule has 1 aromatic carbocycles. The first kappa shape index (κ1) is 18.4. The van der Waals surface area contributed by atoms with Gasteiger partial charge in [0.25, 0.3) is 5.91 Å². The fraction of sp³-hybridized carbons (Fsp3) is 0.455. The molecule has 0 radical (unpaired) electrons. The fourth-order valence-electron chi connectivity index (χ4n) is 3.61. The number of rotatable bonds is 6. The van der Waals surface area contributed by atoms with Crippen LogP contribution in [0, 0.1) is 0 Å². The Morgan fingerprint density at radius 3 is 2.54 bits per heavy atom. The van der Waals surface area contributed by atoms with Crippen LogP contribution >= 0.6 is 0 Å². The number of hydrogen-bond acceptors (Lipinski definition) is 3. The Hall–Kier alpha value is -2.36. The average Bonchev–Trinajstić information content (AvgIpc) is 2.95. The zero-order chi connectivity index (χ0) is 18.2. The molecule has 1 N–H and O–H groups in total. The van der Waals surface area contributed by atoms with Gasteiger partial charge in [0.05, 0.1) is 17.4 Å². The molecule has 0 spiro atoms. The predicted octanol–water partition coefficient (Wildman–Crippen LogP) is 4.56. The summed E-state index contributed by atoms with van der Waals surface area (Å²) in [5.41, 5.74) is 2.89. The number of carbonyl (C=O) groups excluding carboxylic acids is 1. The van der Waals surface area contributed by atoms with Crippen molar-refractivity contribution < 1.29 is 4.79 Å². The molecule has 1 fully saturated rings. The van der Waals surface area contributed by atoms with Crippen LogP contribution in [0.25, 0.3) is 0 Å². The van der Waals surface area contributed by atoms with Crippen LogP contribution in [0.4, 0.5) is 5.69 Å². The van der Waals surface area contributed by atoms with Gasteiger partial charge >= 0.3 is 0 Å². The topological polar surface area (TPSA) is 45.2 Å². The lowest BCUT2D eigenvalue weighted by atomic mass is 10.1. The third kappa shape index (κ3) is 5.07. The summed E-state index contributed by atoms with van der Waals surface area (Å²) in [5.74, 6) is 0.00186. The van der Waals surface area contributed by atoms with Crippen LogP contribution in [-0.4, -0.2) is 23.5 Å². The van der Waals surface area contributed by atoms with E-state index >= 15 is 0 Å². The number of nitrogens with zero attached hydrogens (tertiary/aromatic N) is 2. The molecule has 0 unspecified atom stereocenters. The van der Waals surface area contributed by atoms with Gasteiger partial charge in [-0.1, -0.05) is 56.0 Å². The van der Waals surface area contributed by atoms with Crippen molar-refractivity contribution in [1.82, 2.24) is 10.3 Å². The number of nitrogens with one attached hydrogen (secondary N) is 1. The summed E-state index contributed by atoms with van der Waals surface area (Å²) in [5, 5.41) is 3.21. The molecule has 0 saturated heterocycles. The van der Waals surface area contributed by atoms with E-state index < -0.39 is 0 Å². The number of hydrogen-bond donors (Lipinski definition) is 1. The summed E-state index contributed by atoms with van der Waals surface area (Å²) < 4.78 is 0. The van der Waals surface area contributed by atoms with Gasteiger partial charge in [0, 0.05) is 25.3 Å². The molecule has 138 valence electrons. The Balaban J connectivity index is 1.68. The maximum absolute atomic E-state index is 12.7. The molecule has 0 aliphatic heterocycles. The van der Waals surface area contributed by atoms with E-state index in [2.05, 4.69) is 46.4 Å². The van der Waals surface area contributed by atoms with Gasteiger partial charge in [0.15, 0.2) is 0 Å². The fourth-order valence-corrected chi connectivity index (χ4v) is 3.61. The van der Waals surface area contributed by atoms with Gasteiger partial charge in [-0.15, -0.1) is 0 Å². The lowest BCUT2D eigenvalue weighted by Crippen LogP contribution is -2.34. The Labute approximate surface area is 156 Å². The van der Waals surface area contributed by atoms with Crippen LogP contribution in [0.3, 0.4) is 0 Å². The van der Waals surface area contributed by atoms with E-state index in [0.717, 1.165) is 31.6 Å². The minimum absolute atomic E-state index is 0.00186. The van der Waals surface area contributed by atoms with Crippen LogP contribution in [0.5, 0.6) is 0 Å². The third-order valence-electron chi connectivity index (χ3n) is 5.14. The molecule has 1 aromatic heterocycles. The average molecular weight is 351 g/mol. The molecule has 1 heterocycles. The summed E-state index contributed by atoms with van der Waals surface area (Å²) >= 11 is 0. The highest BCUT2D eigenvalue weighted by Gasteiger charge is 2.17. The van der Waals surface area contributed by atoms with E-state index in [4.69, 9.17) is 0 Å². The zero-order valence-corrected chi connectivity index (χ0v) is 15.7. The monoisotopic (exact) mass is 351 g/mol. The van der Waals surface area contributed by atoms with Crippen molar-refractivity contribution in [3.05, 3.63) is 59.9 Å². The second kappa shape index (κ2) is 9.37. The van der Waals surface area contributed by atoms with Crippen molar-refractivity contribution >= 4 is 11.6 Å². The molecule has 1 saturated carbocycles. The molecule has 26 heavy (non-hydrogen) atoms. The maximum atomic E-state index is 12.7. The second-order valence-electron chi connectivity index (χ2n) is 7.09. The van der Waals surface area contributed by atoms with Gasteiger partial charge in [-0.05, 0) is 31.4 Å². The Morgan fingerprint density at radius 2 is 1.85 bits per heavy atom. The van der Waals surface area contributed by atoms with Gasteiger partial charge in [0.1, 0.15) is 0 Å². The van der Waals surface area contributed by atoms with Crippen molar-refractivity contribution in [1.29, 1.82) is 0 Å². The number of benzene rings is 1. The van der Waals surface area contributed by atoms with Crippen molar-refractivity contribution in [2.45, 2.75) is 58.0 Å². The van der Waals surface area contributed by atoms with Gasteiger partial charge in [-0.25, -0.2) is 0 Å². The third-order valence-corrected chi connectivity index (χ3v) is 5.14. The lowest BCUT2D eigenvalue weighted by molar-refractivity contribution is 0.0933. The molecule has 4 heteroatoms. The van der Waals surface area contributed by atoms with Crippen LogP contribution < -0.4 is 10.2 Å². The molecule has 1 aliphatic rings. The molecular formula is C22H29N3O. The molecule has 3 rings (SSSR count). The van der Waals surface area contributed by atoms with E-state index in [-0.39, 0.29) is 5.91 Å². The van der Waals surface area contributed by atoms with Gasteiger partial charge < -0.3 is 10.2 Å². The zero-order valence-electron chi connectivity index (χ0n) is 15.7. The molecule has 4 nitrogen and oxygen atoms in total. The Bertz CT molecular complexity index is 694. The van der Waals surface area contributed by atoms with Crippen molar-refractivity contribution in [2.75, 3.05) is 11.4 Å². The molecule has 2 aromatic rings. The first-order valence-electron chi connectivity index (χ1n) is 9.81. The number of anilines is 1. The van der Waals surface area contributed by atoms with E-state index in [9.17, 15) is 4.79 Å². The summed E-state index contributed by atoms with van der Waals surface area (Å²) in [6.45, 7) is 3.80. The first-order valence-corrected chi connectivity index (χ1v) is 9.81. The smallest absolute Gasteiger partial charge is 0.253 e. The predicted molar refractivity (Wildman–Crippen MR) is 106 cm³/mol. The summed E-state index contributed by atoms with van der Waals surface area (Å²) in [4.78, 5) is 19.2. The van der Waals surface area contributed by atoms with Crippen LogP contribution in [0.1, 0.15) is 61.4 Å². The number of pyridine rings is 1. The van der Waals surface area contributed by atoms with Crippen molar-refractivity contribution in [3.63, 3.8) is 0 Å². The second-order valence-corrected chi connectivity index (χ2v) is 7.09. The summed E-state index contributed by atoms with van der Waals surface area (Å²) in [7, 11) is 0. The first-order chi connectivity index (χ1) is 12.8. The van der Waals surface area contributed by atoms with E-state index in [1.54, 1.807) is 6.20 Å². The Morgan fingerprint density at radius 1 is 1.12 bits per heavy atom. The highest BCUT2D eigenvalue weighted by atomic mass is 16.1. The van der Waals surface area contributed by atoms with Crippen LogP contribution in [0.15, 0.2) is 48.8 Å². The van der Waals surface area contributed by atoms with Gasteiger partial charge in [-0.2, -0.15) is 0 Å². The van der Waals surface area contributed by atoms with E-state index in [1.165, 1.54) is 31.2 Å². The van der Waals surface area contributed by atoms with Crippen molar-refractivity contribution in [3.8, 4) is 0 Å². The lowest BCUT2D eigenvalue weighted by Gasteiger charge is -2.23. The Kier molecular flexibility index (Phi) is 6.64. The van der Waals surface area contributed by atoms with Gasteiger partial charge in [0.2, 0.25) is 0 Å². The minimum atomic E-state index is 0.00186. The van der Waals surface area contributed by atoms with E-state index in [1.807, 2.05) is 18.3 Å². The van der Waals surface area contributed by atoms with E-state index in [0.29, 0.717) is 11.6 Å². The molecule has 1 amide bonds. The van der Waals surface area contributed by atoms with Crippen LogP contribution in [-0.2, 0) is 6.54 Å². The molecule has 0 bridgehead atoms. The standard InChI is InChI=1S/C22H29N3O/c1-2-25(17-18-10-6-5-7-11-18)21-14-19(15-23-16-21)22(26)24-20-12-8-3-4-9-13-20/h5-7,10-11,14-16,20H,2-4,8-9,12-13,17H2,1H3,(H,24,26). The number of amides is 1. The largest absolute Gasteiger partial charge is 0.366 e. The molecular weight excluding hydrogens is 322 g/mol. The minimum Gasteiger partial charge on any atom is -0.366 e. The molecule has 0 atom stereocenters. The molecule has 1 aliphatic carbocycles. The van der Waals surface area contributed by atoms with Crippen LogP contribution in [0.2, 0.25) is 0 Å². The maximum Gasteiger partial charge on any atom is 0.253 e. The van der Waals surface area contributed by atoms with Crippen molar-refractivity contribution in [2.24, 2.45) is 0 Å². The summed E-state index contributed by atoms with van der Waals surface area (Å²) in [6.07, 6.45) is 10.7. The highest BCUT2D eigenvalue weighted by Crippen LogP contribution is 2.20. The number of carbonyl (C=O) groups is 1. The quantitative estimate of drug-likeness (QED) is 0.776.